The second kappa shape index (κ2) is 6.85. The molecule has 0 spiro atoms. The molecule has 0 aliphatic heterocycles. The number of hydrogen-bond acceptors (Lipinski definition) is 3. The van der Waals surface area contributed by atoms with Gasteiger partial charge in [0, 0.05) is 20.8 Å². The predicted molar refractivity (Wildman–Crippen MR) is 84.8 cm³/mol. The molecule has 0 atom stereocenters. The topological polar surface area (TPSA) is 53.4 Å². The highest BCUT2D eigenvalue weighted by atomic mass is 79.9. The van der Waals surface area contributed by atoms with Gasteiger partial charge in [-0.25, -0.2) is 0 Å². The van der Waals surface area contributed by atoms with Gasteiger partial charge >= 0.3 is 5.97 Å². The van der Waals surface area contributed by atoms with Crippen molar-refractivity contribution >= 4 is 43.5 Å². The normalized spacial score (nSPS) is 10.3. The van der Waals surface area contributed by atoms with E-state index in [1.165, 1.54) is 0 Å². The summed E-state index contributed by atoms with van der Waals surface area (Å²) in [5.74, 6) is -0.873. The summed E-state index contributed by atoms with van der Waals surface area (Å²) in [6.45, 7) is 0.346. The average molecular weight is 400 g/mol. The monoisotopic (exact) mass is 398 g/mol. The Morgan fingerprint density at radius 3 is 2.55 bits per heavy atom. The summed E-state index contributed by atoms with van der Waals surface area (Å²) in [5.41, 5.74) is 1.64. The summed E-state index contributed by atoms with van der Waals surface area (Å²) >= 11 is 6.80. The third-order valence-corrected chi connectivity index (χ3v) is 3.79. The van der Waals surface area contributed by atoms with E-state index in [0.717, 1.165) is 20.3 Å². The maximum absolute atomic E-state index is 11.0. The van der Waals surface area contributed by atoms with Crippen molar-refractivity contribution in [2.24, 2.45) is 0 Å². The molecule has 104 valence electrons. The zero-order chi connectivity index (χ0) is 14.5. The van der Waals surface area contributed by atoms with Crippen LogP contribution in [0.5, 0.6) is 0 Å². The maximum atomic E-state index is 11.0. The maximum Gasteiger partial charge on any atom is 0.323 e. The highest BCUT2D eigenvalue weighted by Gasteiger charge is 2.13. The zero-order valence-electron chi connectivity index (χ0n) is 10.5. The SMILES string of the molecule is O=C(O)CN(Cc1ncc(Br)cc1Br)c1ccccc1. The lowest BCUT2D eigenvalue weighted by Gasteiger charge is -2.23. The molecule has 1 aromatic carbocycles. The van der Waals surface area contributed by atoms with Crippen molar-refractivity contribution in [3.8, 4) is 0 Å². The Hall–Kier alpha value is -1.40. The van der Waals surface area contributed by atoms with E-state index in [1.54, 1.807) is 11.1 Å². The summed E-state index contributed by atoms with van der Waals surface area (Å²) in [6.07, 6.45) is 1.70. The van der Waals surface area contributed by atoms with Gasteiger partial charge in [0.1, 0.15) is 6.54 Å². The molecule has 1 aromatic heterocycles. The lowest BCUT2D eigenvalue weighted by molar-refractivity contribution is -0.135. The number of aliphatic carboxylic acids is 1. The molecule has 0 aliphatic rings. The molecule has 0 amide bonds. The van der Waals surface area contributed by atoms with Crippen molar-refractivity contribution in [2.75, 3.05) is 11.4 Å². The Labute approximate surface area is 133 Å². The van der Waals surface area contributed by atoms with Crippen molar-refractivity contribution in [1.82, 2.24) is 4.98 Å². The van der Waals surface area contributed by atoms with Crippen molar-refractivity contribution in [3.05, 3.63) is 57.2 Å². The van der Waals surface area contributed by atoms with Gasteiger partial charge in [-0.1, -0.05) is 18.2 Å². The Bertz CT molecular complexity index is 605. The van der Waals surface area contributed by atoms with Gasteiger partial charge in [-0.2, -0.15) is 0 Å². The zero-order valence-corrected chi connectivity index (χ0v) is 13.6. The summed E-state index contributed by atoms with van der Waals surface area (Å²) < 4.78 is 1.72. The first-order chi connectivity index (χ1) is 9.56. The quantitative estimate of drug-likeness (QED) is 0.832. The van der Waals surface area contributed by atoms with Gasteiger partial charge in [-0.3, -0.25) is 9.78 Å². The number of pyridine rings is 1. The number of hydrogen-bond donors (Lipinski definition) is 1. The van der Waals surface area contributed by atoms with E-state index >= 15 is 0 Å². The van der Waals surface area contributed by atoms with Crippen LogP contribution in [0.1, 0.15) is 5.69 Å². The van der Waals surface area contributed by atoms with Crippen molar-refractivity contribution in [3.63, 3.8) is 0 Å². The van der Waals surface area contributed by atoms with E-state index in [0.29, 0.717) is 6.54 Å². The van der Waals surface area contributed by atoms with Crippen molar-refractivity contribution in [2.45, 2.75) is 6.54 Å². The largest absolute Gasteiger partial charge is 0.480 e. The number of halogens is 2. The minimum Gasteiger partial charge on any atom is -0.480 e. The first kappa shape index (κ1) is 15.0. The van der Waals surface area contributed by atoms with E-state index < -0.39 is 5.97 Å². The number of rotatable bonds is 5. The highest BCUT2D eigenvalue weighted by Crippen LogP contribution is 2.23. The highest BCUT2D eigenvalue weighted by molar-refractivity contribution is 9.11. The number of anilines is 1. The van der Waals surface area contributed by atoms with Crippen LogP contribution in [-0.4, -0.2) is 22.6 Å². The number of carbonyl (C=O) groups is 1. The van der Waals surface area contributed by atoms with Gasteiger partial charge in [-0.15, -0.1) is 0 Å². The van der Waals surface area contributed by atoms with E-state index in [9.17, 15) is 4.79 Å². The van der Waals surface area contributed by atoms with Crippen LogP contribution in [0.25, 0.3) is 0 Å². The summed E-state index contributed by atoms with van der Waals surface area (Å²) in [4.78, 5) is 17.1. The Kier molecular flexibility index (Phi) is 5.14. The molecular formula is C14H12Br2N2O2. The number of benzene rings is 1. The molecule has 0 saturated carbocycles. The lowest BCUT2D eigenvalue weighted by Crippen LogP contribution is -2.29. The molecule has 0 aliphatic carbocycles. The second-order valence-corrected chi connectivity index (χ2v) is 5.94. The molecule has 4 nitrogen and oxygen atoms in total. The lowest BCUT2D eigenvalue weighted by atomic mass is 10.2. The van der Waals surface area contributed by atoms with Crippen LogP contribution in [-0.2, 0) is 11.3 Å². The summed E-state index contributed by atoms with van der Waals surface area (Å²) in [7, 11) is 0. The Balaban J connectivity index is 2.26. The minimum atomic E-state index is -0.873. The van der Waals surface area contributed by atoms with Gasteiger partial charge in [-0.05, 0) is 50.1 Å². The Morgan fingerprint density at radius 2 is 1.95 bits per heavy atom. The fourth-order valence-electron chi connectivity index (χ4n) is 1.78. The second-order valence-electron chi connectivity index (χ2n) is 4.17. The third-order valence-electron chi connectivity index (χ3n) is 2.67. The standard InChI is InChI=1S/C14H12Br2N2O2/c15-10-6-12(16)13(17-7-10)8-18(9-14(19)20)11-4-2-1-3-5-11/h1-7H,8-9H2,(H,19,20). The van der Waals surface area contributed by atoms with Crippen LogP contribution in [0.2, 0.25) is 0 Å². The summed E-state index contributed by atoms with van der Waals surface area (Å²) in [5, 5.41) is 9.06. The number of nitrogens with zero attached hydrogens (tertiary/aromatic N) is 2. The van der Waals surface area contributed by atoms with Gasteiger partial charge in [0.2, 0.25) is 0 Å². The fraction of sp³-hybridized carbons (Fsp3) is 0.143. The van der Waals surface area contributed by atoms with E-state index in [4.69, 9.17) is 5.11 Å². The van der Waals surface area contributed by atoms with Gasteiger partial charge in [0.15, 0.2) is 0 Å². The van der Waals surface area contributed by atoms with Crippen LogP contribution in [0.15, 0.2) is 51.5 Å². The molecule has 20 heavy (non-hydrogen) atoms. The molecule has 1 N–H and O–H groups in total. The van der Waals surface area contributed by atoms with Crippen LogP contribution in [0.4, 0.5) is 5.69 Å². The molecule has 0 saturated heterocycles. The number of aromatic nitrogens is 1. The molecule has 1 heterocycles. The predicted octanol–water partition coefficient (Wildman–Crippen LogP) is 3.70. The molecule has 2 rings (SSSR count). The van der Waals surface area contributed by atoms with E-state index in [-0.39, 0.29) is 6.54 Å². The third kappa shape index (κ3) is 4.05. The average Bonchev–Trinajstić information content (AvgIpc) is 2.41. The van der Waals surface area contributed by atoms with Crippen molar-refractivity contribution < 1.29 is 9.90 Å². The van der Waals surface area contributed by atoms with Gasteiger partial charge in [0.25, 0.3) is 0 Å². The van der Waals surface area contributed by atoms with Crippen LogP contribution in [0.3, 0.4) is 0 Å². The van der Waals surface area contributed by atoms with Crippen LogP contribution < -0.4 is 4.90 Å². The Morgan fingerprint density at radius 1 is 1.25 bits per heavy atom. The minimum absolute atomic E-state index is 0.0752. The smallest absolute Gasteiger partial charge is 0.323 e. The molecule has 6 heteroatoms. The van der Waals surface area contributed by atoms with Crippen molar-refractivity contribution in [1.29, 1.82) is 0 Å². The fourth-order valence-corrected chi connectivity index (χ4v) is 2.89. The van der Waals surface area contributed by atoms with E-state index in [1.807, 2.05) is 36.4 Å². The van der Waals surface area contributed by atoms with Crippen LogP contribution in [0, 0.1) is 0 Å². The molecule has 0 bridgehead atoms. The van der Waals surface area contributed by atoms with Crippen LogP contribution >= 0.6 is 31.9 Å². The first-order valence-electron chi connectivity index (χ1n) is 5.88. The summed E-state index contributed by atoms with van der Waals surface area (Å²) in [6, 6.07) is 11.3. The number of carboxylic acid groups (broad SMARTS) is 1. The number of carboxylic acids is 1. The first-order valence-corrected chi connectivity index (χ1v) is 7.46. The van der Waals surface area contributed by atoms with Gasteiger partial charge < -0.3 is 10.0 Å². The molecule has 0 radical (unpaired) electrons. The molecule has 0 unspecified atom stereocenters. The molecule has 0 fully saturated rings. The van der Waals surface area contributed by atoms with E-state index in [2.05, 4.69) is 36.8 Å². The number of para-hydroxylation sites is 1. The molecule has 2 aromatic rings. The molecular weight excluding hydrogens is 388 g/mol. The van der Waals surface area contributed by atoms with Gasteiger partial charge in [0.05, 0.1) is 12.2 Å².